The number of hydrogen-bond acceptors (Lipinski definition) is 5. The summed E-state index contributed by atoms with van der Waals surface area (Å²) in [6.07, 6.45) is 2.68. The molecule has 3 aromatic rings. The SMILES string of the molecule is CCCOc1ccc2cc(C(=O)c3ccc4c(c3)CC(C)N4S(C)(=O)=O)oc2c1. The highest BCUT2D eigenvalue weighted by atomic mass is 32.2. The molecule has 152 valence electrons. The molecular weight excluding hydrogens is 390 g/mol. The van der Waals surface area contributed by atoms with Gasteiger partial charge >= 0.3 is 0 Å². The van der Waals surface area contributed by atoms with Crippen LogP contribution >= 0.6 is 0 Å². The number of carbonyl (C=O) groups is 1. The number of benzene rings is 2. The van der Waals surface area contributed by atoms with Crippen molar-refractivity contribution in [3.05, 3.63) is 59.4 Å². The molecule has 0 saturated carbocycles. The molecular formula is C22H23NO5S. The number of ketones is 1. The van der Waals surface area contributed by atoms with Crippen molar-refractivity contribution in [1.82, 2.24) is 0 Å². The second kappa shape index (κ2) is 7.22. The van der Waals surface area contributed by atoms with Gasteiger partial charge in [0.2, 0.25) is 15.8 Å². The maximum Gasteiger partial charge on any atom is 0.232 e. The molecule has 0 amide bonds. The van der Waals surface area contributed by atoms with Gasteiger partial charge in [-0.15, -0.1) is 0 Å². The van der Waals surface area contributed by atoms with E-state index in [1.165, 1.54) is 10.6 Å². The third-order valence-electron chi connectivity index (χ3n) is 5.04. The number of carbonyl (C=O) groups excluding carboxylic acids is 1. The molecule has 7 heteroatoms. The molecule has 1 aromatic heterocycles. The number of hydrogen-bond donors (Lipinski definition) is 0. The monoisotopic (exact) mass is 413 g/mol. The van der Waals surface area contributed by atoms with Gasteiger partial charge < -0.3 is 9.15 Å². The summed E-state index contributed by atoms with van der Waals surface area (Å²) in [4.78, 5) is 13.0. The van der Waals surface area contributed by atoms with Crippen LogP contribution in [0.5, 0.6) is 5.75 Å². The Morgan fingerprint density at radius 2 is 2.00 bits per heavy atom. The van der Waals surface area contributed by atoms with Crippen molar-refractivity contribution >= 4 is 32.5 Å². The van der Waals surface area contributed by atoms with E-state index in [1.807, 2.05) is 26.0 Å². The average molecular weight is 413 g/mol. The van der Waals surface area contributed by atoms with E-state index in [-0.39, 0.29) is 17.6 Å². The van der Waals surface area contributed by atoms with E-state index in [0.29, 0.717) is 35.6 Å². The zero-order valence-corrected chi connectivity index (χ0v) is 17.5. The molecule has 0 N–H and O–H groups in total. The van der Waals surface area contributed by atoms with Crippen molar-refractivity contribution < 1.29 is 22.4 Å². The molecule has 0 spiro atoms. The minimum Gasteiger partial charge on any atom is -0.493 e. The Hall–Kier alpha value is -2.80. The van der Waals surface area contributed by atoms with E-state index in [2.05, 4.69) is 0 Å². The zero-order valence-electron chi connectivity index (χ0n) is 16.6. The summed E-state index contributed by atoms with van der Waals surface area (Å²) in [7, 11) is -3.36. The van der Waals surface area contributed by atoms with Gasteiger partial charge in [0.15, 0.2) is 5.76 Å². The standard InChI is InChI=1S/C22H23NO5S/c1-4-9-27-18-7-5-15-12-21(28-20(15)13-18)22(24)16-6-8-19-17(11-16)10-14(2)23(19)29(3,25)26/h5-8,11-14H,4,9-10H2,1-3H3. The van der Waals surface area contributed by atoms with Crippen molar-refractivity contribution in [2.75, 3.05) is 17.2 Å². The van der Waals surface area contributed by atoms with E-state index >= 15 is 0 Å². The van der Waals surface area contributed by atoms with Crippen LogP contribution < -0.4 is 9.04 Å². The Labute approximate surface area is 170 Å². The first-order chi connectivity index (χ1) is 13.8. The van der Waals surface area contributed by atoms with Crippen LogP contribution in [0.4, 0.5) is 5.69 Å². The first kappa shape index (κ1) is 19.5. The lowest BCUT2D eigenvalue weighted by atomic mass is 10.0. The molecule has 29 heavy (non-hydrogen) atoms. The molecule has 1 unspecified atom stereocenters. The predicted molar refractivity (Wildman–Crippen MR) is 112 cm³/mol. The van der Waals surface area contributed by atoms with Crippen LogP contribution in [0.1, 0.15) is 41.9 Å². The van der Waals surface area contributed by atoms with Gasteiger partial charge in [0, 0.05) is 23.1 Å². The average Bonchev–Trinajstić information content (AvgIpc) is 3.24. The zero-order chi connectivity index (χ0) is 20.8. The maximum atomic E-state index is 13.0. The maximum absolute atomic E-state index is 13.0. The van der Waals surface area contributed by atoms with Gasteiger partial charge in [-0.3, -0.25) is 9.10 Å². The summed E-state index contributed by atoms with van der Waals surface area (Å²) in [5.74, 6) is 0.726. The summed E-state index contributed by atoms with van der Waals surface area (Å²) in [6.45, 7) is 4.52. The number of anilines is 1. The van der Waals surface area contributed by atoms with Crippen LogP contribution in [0.25, 0.3) is 11.0 Å². The number of sulfonamides is 1. The van der Waals surface area contributed by atoms with Crippen LogP contribution in [-0.4, -0.2) is 33.1 Å². The third-order valence-corrected chi connectivity index (χ3v) is 6.31. The van der Waals surface area contributed by atoms with Crippen molar-refractivity contribution in [3.8, 4) is 5.75 Å². The predicted octanol–water partition coefficient (Wildman–Crippen LogP) is 4.16. The number of furan rings is 1. The Balaban J connectivity index is 1.64. The molecule has 1 aliphatic heterocycles. The fraction of sp³-hybridized carbons (Fsp3) is 0.318. The van der Waals surface area contributed by atoms with Crippen LogP contribution in [0, 0.1) is 0 Å². The lowest BCUT2D eigenvalue weighted by Gasteiger charge is -2.21. The highest BCUT2D eigenvalue weighted by Crippen LogP contribution is 2.35. The molecule has 0 radical (unpaired) electrons. The number of nitrogens with zero attached hydrogens (tertiary/aromatic N) is 1. The van der Waals surface area contributed by atoms with Gasteiger partial charge in [0.1, 0.15) is 11.3 Å². The highest BCUT2D eigenvalue weighted by molar-refractivity contribution is 7.92. The smallest absolute Gasteiger partial charge is 0.232 e. The van der Waals surface area contributed by atoms with Crippen LogP contribution in [0.15, 0.2) is 46.9 Å². The Morgan fingerprint density at radius 1 is 1.21 bits per heavy atom. The molecule has 4 rings (SSSR count). The molecule has 1 atom stereocenters. The Kier molecular flexibility index (Phi) is 4.86. The molecule has 0 fully saturated rings. The molecule has 6 nitrogen and oxygen atoms in total. The second-order valence-corrected chi connectivity index (χ2v) is 9.30. The van der Waals surface area contributed by atoms with E-state index in [1.54, 1.807) is 30.3 Å². The van der Waals surface area contributed by atoms with Crippen molar-refractivity contribution in [3.63, 3.8) is 0 Å². The van der Waals surface area contributed by atoms with Crippen LogP contribution in [-0.2, 0) is 16.4 Å². The quantitative estimate of drug-likeness (QED) is 0.567. The number of rotatable bonds is 6. The van der Waals surface area contributed by atoms with E-state index in [9.17, 15) is 13.2 Å². The number of ether oxygens (including phenoxy) is 1. The van der Waals surface area contributed by atoms with Gasteiger partial charge in [-0.25, -0.2) is 8.42 Å². The van der Waals surface area contributed by atoms with Gasteiger partial charge in [0.25, 0.3) is 0 Å². The normalized spacial score (nSPS) is 16.2. The molecule has 0 bridgehead atoms. The topological polar surface area (TPSA) is 76.8 Å². The van der Waals surface area contributed by atoms with Crippen molar-refractivity contribution in [2.24, 2.45) is 0 Å². The summed E-state index contributed by atoms with van der Waals surface area (Å²) in [5, 5.41) is 0.829. The third kappa shape index (κ3) is 3.62. The largest absolute Gasteiger partial charge is 0.493 e. The van der Waals surface area contributed by atoms with Gasteiger partial charge in [-0.2, -0.15) is 0 Å². The first-order valence-corrected chi connectivity index (χ1v) is 11.5. The summed E-state index contributed by atoms with van der Waals surface area (Å²) in [6, 6.07) is 12.2. The minimum absolute atomic E-state index is 0.168. The van der Waals surface area contributed by atoms with Crippen LogP contribution in [0.2, 0.25) is 0 Å². The Morgan fingerprint density at radius 3 is 2.72 bits per heavy atom. The summed E-state index contributed by atoms with van der Waals surface area (Å²) in [5.41, 5.74) is 2.56. The van der Waals surface area contributed by atoms with Gasteiger partial charge in [-0.1, -0.05) is 6.92 Å². The highest BCUT2D eigenvalue weighted by Gasteiger charge is 2.33. The fourth-order valence-electron chi connectivity index (χ4n) is 3.82. The minimum atomic E-state index is -3.36. The molecule has 2 aromatic carbocycles. The molecule has 1 aliphatic rings. The van der Waals surface area contributed by atoms with Crippen LogP contribution in [0.3, 0.4) is 0 Å². The van der Waals surface area contributed by atoms with Gasteiger partial charge in [-0.05, 0) is 61.7 Å². The van der Waals surface area contributed by atoms with Crippen molar-refractivity contribution in [2.45, 2.75) is 32.7 Å². The first-order valence-electron chi connectivity index (χ1n) is 9.61. The molecule has 0 saturated heterocycles. The van der Waals surface area contributed by atoms with E-state index in [4.69, 9.17) is 9.15 Å². The van der Waals surface area contributed by atoms with Crippen molar-refractivity contribution in [1.29, 1.82) is 0 Å². The molecule has 2 heterocycles. The summed E-state index contributed by atoms with van der Waals surface area (Å²) < 4.78 is 37.0. The lowest BCUT2D eigenvalue weighted by Crippen LogP contribution is -2.34. The van der Waals surface area contributed by atoms with Gasteiger partial charge in [0.05, 0.1) is 18.6 Å². The fourth-order valence-corrected chi connectivity index (χ4v) is 5.09. The lowest BCUT2D eigenvalue weighted by molar-refractivity contribution is 0.101. The van der Waals surface area contributed by atoms with E-state index in [0.717, 1.165) is 17.4 Å². The second-order valence-electron chi connectivity index (χ2n) is 7.44. The molecule has 0 aliphatic carbocycles. The number of fused-ring (bicyclic) bond motifs is 2. The van der Waals surface area contributed by atoms with E-state index < -0.39 is 10.0 Å². The summed E-state index contributed by atoms with van der Waals surface area (Å²) >= 11 is 0. The Bertz CT molecular complexity index is 1200.